The van der Waals surface area contributed by atoms with Gasteiger partial charge in [0.1, 0.15) is 31.4 Å². The molecule has 0 atom stereocenters. The highest BCUT2D eigenvalue weighted by molar-refractivity contribution is 7.19. The number of ether oxygens (including phenoxy) is 3. The fourth-order valence-electron chi connectivity index (χ4n) is 6.18. The Hall–Kier alpha value is -4.36. The predicted molar refractivity (Wildman–Crippen MR) is 217 cm³/mol. The van der Waals surface area contributed by atoms with Crippen LogP contribution in [0.5, 0.6) is 0 Å². The summed E-state index contributed by atoms with van der Waals surface area (Å²) in [4.78, 5) is 55.3. The van der Waals surface area contributed by atoms with Crippen LogP contribution in [-0.2, 0) is 14.2 Å². The Kier molecular flexibility index (Phi) is 14.0. The quantitative estimate of drug-likeness (QED) is 0.168. The molecule has 3 aliphatic heterocycles. The van der Waals surface area contributed by atoms with E-state index >= 15 is 0 Å². The molecule has 3 N–H and O–H groups in total. The number of carbonyl (C=O) groups is 4. The zero-order valence-corrected chi connectivity index (χ0v) is 34.1. The van der Waals surface area contributed by atoms with E-state index in [1.54, 1.807) is 30.9 Å². The van der Waals surface area contributed by atoms with Crippen LogP contribution in [0, 0.1) is 25.5 Å². The first-order valence-electron chi connectivity index (χ1n) is 17.9. The molecule has 4 aromatic rings. The molecule has 0 unspecified atom stereocenters. The Balaban J connectivity index is 0.000000196. The first-order chi connectivity index (χ1) is 27.3. The third-order valence-corrected chi connectivity index (χ3v) is 12.9. The second-order valence-corrected chi connectivity index (χ2v) is 15.9. The van der Waals surface area contributed by atoms with E-state index in [9.17, 15) is 28.0 Å². The van der Waals surface area contributed by atoms with E-state index in [0.29, 0.717) is 121 Å². The number of hydrogen-bond donors (Lipinski definition) is 3. The summed E-state index contributed by atoms with van der Waals surface area (Å²) >= 11 is 14.4. The SMILES string of the molecule is Cc1c(NC(=O)c2cc(F)cc(N3CCOCC3)c2)sc(C(=O)N2CCOCC2)c1Cl.Cc1c(NC(=O)c2cc(F)cc(N3CCOCC3)c2)sc(C(=O)O)c1Cl. The topological polar surface area (TPSA) is 150 Å². The molecule has 3 saturated heterocycles. The van der Waals surface area contributed by atoms with Crippen molar-refractivity contribution < 1.29 is 47.3 Å². The summed E-state index contributed by atoms with van der Waals surface area (Å²) in [7, 11) is 0. The highest BCUT2D eigenvalue weighted by Gasteiger charge is 2.27. The molecule has 0 saturated carbocycles. The van der Waals surface area contributed by atoms with Crippen molar-refractivity contribution in [2.45, 2.75) is 13.8 Å². The molecule has 0 spiro atoms. The van der Waals surface area contributed by atoms with Crippen LogP contribution < -0.4 is 20.4 Å². The summed E-state index contributed by atoms with van der Waals surface area (Å²) in [6, 6.07) is 8.39. The summed E-state index contributed by atoms with van der Waals surface area (Å²) in [5.41, 5.74) is 2.66. The number of carbonyl (C=O) groups excluding carboxylic acids is 3. The Morgan fingerprint density at radius 2 is 1.02 bits per heavy atom. The summed E-state index contributed by atoms with van der Waals surface area (Å²) in [5, 5.41) is 15.8. The van der Waals surface area contributed by atoms with E-state index < -0.39 is 29.4 Å². The van der Waals surface area contributed by atoms with Gasteiger partial charge in [0, 0.05) is 72.9 Å². The average Bonchev–Trinajstić information content (AvgIpc) is 3.66. The predicted octanol–water partition coefficient (Wildman–Crippen LogP) is 7.05. The molecule has 13 nitrogen and oxygen atoms in total. The van der Waals surface area contributed by atoms with Crippen LogP contribution in [0.25, 0.3) is 0 Å². The third kappa shape index (κ3) is 10.2. The molecule has 0 aliphatic carbocycles. The summed E-state index contributed by atoms with van der Waals surface area (Å²) in [6.07, 6.45) is 0. The maximum Gasteiger partial charge on any atom is 0.347 e. The lowest BCUT2D eigenvalue weighted by atomic mass is 10.1. The van der Waals surface area contributed by atoms with Gasteiger partial charge in [-0.3, -0.25) is 14.4 Å². The van der Waals surface area contributed by atoms with Gasteiger partial charge in [0.2, 0.25) is 0 Å². The second kappa shape index (κ2) is 18.9. The van der Waals surface area contributed by atoms with Gasteiger partial charge >= 0.3 is 5.97 Å². The standard InChI is InChI=1S/C21H23ClFN3O4S.C17H16ClFN2O4S/c1-13-17(22)18(21(28)26-4-8-30-9-5-26)31-20(13)24-19(27)14-10-15(23)12-16(11-14)25-2-6-29-7-3-25;1-9-13(18)14(17(23)24)26-16(9)20-15(22)10-6-11(19)8-12(7-10)21-2-4-25-5-3-21/h10-12H,2-9H2,1H3,(H,24,27);6-8H,2-5H2,1H3,(H,20,22)(H,23,24). The molecule has 3 amide bonds. The molecule has 3 fully saturated rings. The smallest absolute Gasteiger partial charge is 0.347 e. The number of amides is 3. The van der Waals surface area contributed by atoms with Crippen LogP contribution in [0.4, 0.5) is 30.2 Å². The number of rotatable bonds is 8. The third-order valence-electron chi connectivity index (χ3n) is 9.33. The van der Waals surface area contributed by atoms with Crippen LogP contribution in [0.15, 0.2) is 36.4 Å². The summed E-state index contributed by atoms with van der Waals surface area (Å²) in [5.74, 6) is -3.34. The van der Waals surface area contributed by atoms with Gasteiger partial charge in [-0.15, -0.1) is 22.7 Å². The molecule has 0 bridgehead atoms. The molecule has 2 aromatic heterocycles. The zero-order chi connectivity index (χ0) is 40.8. The number of carboxylic acids is 1. The molecular formula is C38H39Cl2F2N5O8S2. The number of carboxylic acid groups (broad SMARTS) is 1. The minimum atomic E-state index is -1.16. The number of halogens is 4. The fraction of sp³-hybridized carbons (Fsp3) is 0.368. The lowest BCUT2D eigenvalue weighted by Crippen LogP contribution is -2.40. The highest BCUT2D eigenvalue weighted by Crippen LogP contribution is 2.39. The number of hydrogen-bond acceptors (Lipinski definition) is 11. The molecule has 7 rings (SSSR count). The number of aromatic carboxylic acids is 1. The average molecular weight is 867 g/mol. The van der Waals surface area contributed by atoms with Crippen LogP contribution in [0.3, 0.4) is 0 Å². The van der Waals surface area contributed by atoms with Gasteiger partial charge in [-0.25, -0.2) is 13.6 Å². The van der Waals surface area contributed by atoms with Crippen LogP contribution in [-0.4, -0.2) is 113 Å². The number of morpholine rings is 3. The Morgan fingerprint density at radius 1 is 0.632 bits per heavy atom. The maximum atomic E-state index is 14.2. The molecule has 5 heterocycles. The molecule has 57 heavy (non-hydrogen) atoms. The number of nitrogens with zero attached hydrogens (tertiary/aromatic N) is 3. The monoisotopic (exact) mass is 865 g/mol. The van der Waals surface area contributed by atoms with E-state index in [-0.39, 0.29) is 26.9 Å². The van der Waals surface area contributed by atoms with E-state index in [1.165, 1.54) is 18.2 Å². The normalized spacial score (nSPS) is 15.8. The molecule has 0 radical (unpaired) electrons. The van der Waals surface area contributed by atoms with Crippen molar-refractivity contribution in [2.24, 2.45) is 0 Å². The number of anilines is 4. The molecule has 304 valence electrons. The zero-order valence-electron chi connectivity index (χ0n) is 30.9. The lowest BCUT2D eigenvalue weighted by molar-refractivity contribution is 0.0306. The maximum absolute atomic E-state index is 14.2. The lowest BCUT2D eigenvalue weighted by Gasteiger charge is -2.29. The largest absolute Gasteiger partial charge is 0.477 e. The Bertz CT molecular complexity index is 2150. The second-order valence-electron chi connectivity index (χ2n) is 13.1. The van der Waals surface area contributed by atoms with Crippen molar-refractivity contribution in [2.75, 3.05) is 99.3 Å². The van der Waals surface area contributed by atoms with Crippen LogP contribution in [0.1, 0.15) is 51.2 Å². The number of thiophene rings is 2. The van der Waals surface area contributed by atoms with E-state index in [1.807, 2.05) is 9.80 Å². The van der Waals surface area contributed by atoms with Gasteiger partial charge in [-0.1, -0.05) is 23.2 Å². The highest BCUT2D eigenvalue weighted by atomic mass is 35.5. The Morgan fingerprint density at radius 3 is 1.42 bits per heavy atom. The van der Waals surface area contributed by atoms with Gasteiger partial charge in [-0.05, 0) is 50.2 Å². The minimum Gasteiger partial charge on any atom is -0.477 e. The molecular weight excluding hydrogens is 827 g/mol. The summed E-state index contributed by atoms with van der Waals surface area (Å²) < 4.78 is 44.1. The summed E-state index contributed by atoms with van der Waals surface area (Å²) in [6.45, 7) is 10.1. The minimum absolute atomic E-state index is 0.0484. The Labute approximate surface area is 345 Å². The van der Waals surface area contributed by atoms with Crippen molar-refractivity contribution in [3.8, 4) is 0 Å². The van der Waals surface area contributed by atoms with Crippen molar-refractivity contribution in [3.63, 3.8) is 0 Å². The van der Waals surface area contributed by atoms with Crippen LogP contribution in [0.2, 0.25) is 10.0 Å². The van der Waals surface area contributed by atoms with E-state index in [4.69, 9.17) is 42.5 Å². The van der Waals surface area contributed by atoms with Crippen molar-refractivity contribution in [3.05, 3.63) is 90.1 Å². The van der Waals surface area contributed by atoms with Gasteiger partial charge in [0.05, 0.1) is 49.7 Å². The first-order valence-corrected chi connectivity index (χ1v) is 20.3. The van der Waals surface area contributed by atoms with Gasteiger partial charge in [0.25, 0.3) is 17.7 Å². The van der Waals surface area contributed by atoms with Gasteiger partial charge in [0.15, 0.2) is 0 Å². The van der Waals surface area contributed by atoms with E-state index in [2.05, 4.69) is 10.6 Å². The van der Waals surface area contributed by atoms with Crippen molar-refractivity contribution in [1.29, 1.82) is 0 Å². The van der Waals surface area contributed by atoms with Gasteiger partial charge < -0.3 is 44.7 Å². The molecule has 19 heteroatoms. The number of benzene rings is 2. The van der Waals surface area contributed by atoms with Crippen molar-refractivity contribution in [1.82, 2.24) is 4.90 Å². The van der Waals surface area contributed by atoms with Crippen LogP contribution >= 0.6 is 45.9 Å². The molecule has 2 aromatic carbocycles. The molecule has 3 aliphatic rings. The first kappa shape index (κ1) is 42.3. The number of nitrogens with one attached hydrogen (secondary N) is 2. The van der Waals surface area contributed by atoms with E-state index in [0.717, 1.165) is 28.7 Å². The fourth-order valence-corrected chi connectivity index (χ4v) is 8.87. The van der Waals surface area contributed by atoms with Crippen molar-refractivity contribution >= 4 is 90.9 Å². The van der Waals surface area contributed by atoms with Gasteiger partial charge in [-0.2, -0.15) is 0 Å².